The van der Waals surface area contributed by atoms with E-state index < -0.39 is 24.4 Å². The minimum absolute atomic E-state index is 0.0255. The number of ether oxygens (including phenoxy) is 4. The third-order valence-electron chi connectivity index (χ3n) is 8.41. The molecular formula is C42H51ClF2N6O7. The summed E-state index contributed by atoms with van der Waals surface area (Å²) in [5.74, 6) is -0.542. The molecule has 2 aliphatic heterocycles. The van der Waals surface area contributed by atoms with E-state index in [2.05, 4.69) is 16.0 Å². The normalized spacial score (nSPS) is 17.4. The van der Waals surface area contributed by atoms with Gasteiger partial charge in [0.2, 0.25) is 0 Å². The standard InChI is InChI=1S/C21H26FN3O3.C14H20ClN3O3.C7H5FO/c1-2-27-20-11-17(23)7-8-19(20)21(26)24-12-18-14-25(9-10-28-18)13-15-3-5-16(22)6-4-15;1-2-20-13-6-12(16)11(15)5-10(13)14(19)18-8-9-7-17-3-4-21-9;8-7-3-1-6(5-9)2-4-7/h3-8,11,18H,2,9-10,12-14,23H2,1H3,(H,24,26);5-6,9,17H,2-4,7-8,16H2,1H3,(H,18,19);1-5H/i13D2;;5D. The Hall–Kier alpha value is -5.32. The maximum Gasteiger partial charge on any atom is 0.255 e. The fraction of sp³-hybridized carbons (Fsp3) is 0.357. The number of nitrogens with zero attached hydrogens (tertiary/aromatic N) is 1. The van der Waals surface area contributed by atoms with Crippen molar-refractivity contribution in [2.45, 2.75) is 32.6 Å². The quantitative estimate of drug-likeness (QED) is 0.0893. The van der Waals surface area contributed by atoms with Crippen LogP contribution in [0.2, 0.25) is 5.02 Å². The van der Waals surface area contributed by atoms with E-state index in [1.807, 2.05) is 13.8 Å². The van der Waals surface area contributed by atoms with Crippen molar-refractivity contribution in [3.05, 3.63) is 118 Å². The van der Waals surface area contributed by atoms with Crippen LogP contribution in [-0.4, -0.2) is 101 Å². The van der Waals surface area contributed by atoms with Gasteiger partial charge in [-0.05, 0) is 74.0 Å². The second kappa shape index (κ2) is 23.8. The Labute approximate surface area is 346 Å². The van der Waals surface area contributed by atoms with Gasteiger partial charge in [0, 0.05) is 71.9 Å². The summed E-state index contributed by atoms with van der Waals surface area (Å²) in [5, 5.41) is 9.19. The molecular weight excluding hydrogens is 774 g/mol. The van der Waals surface area contributed by atoms with E-state index in [4.69, 9.17) is 46.1 Å². The van der Waals surface area contributed by atoms with E-state index >= 15 is 0 Å². The molecule has 0 radical (unpaired) electrons. The van der Waals surface area contributed by atoms with E-state index in [1.165, 1.54) is 42.5 Å². The van der Waals surface area contributed by atoms with E-state index in [9.17, 15) is 23.2 Å². The second-order valence-electron chi connectivity index (χ2n) is 12.8. The molecule has 13 nitrogen and oxygen atoms in total. The molecule has 2 saturated heterocycles. The number of halogens is 3. The van der Waals surface area contributed by atoms with Crippen LogP contribution in [0, 0.1) is 11.6 Å². The van der Waals surface area contributed by atoms with E-state index in [1.54, 1.807) is 29.2 Å². The highest BCUT2D eigenvalue weighted by Crippen LogP contribution is 2.29. The maximum atomic E-state index is 13.2. The Morgan fingerprint density at radius 1 is 0.897 bits per heavy atom. The minimum atomic E-state index is -1.78. The zero-order valence-electron chi connectivity index (χ0n) is 35.3. The topological polar surface area (TPSA) is 180 Å². The molecule has 4 aromatic rings. The molecule has 0 bridgehead atoms. The van der Waals surface area contributed by atoms with Crippen molar-refractivity contribution >= 4 is 41.1 Å². The summed E-state index contributed by atoms with van der Waals surface area (Å²) >= 11 is 5.98. The Bertz CT molecular complexity index is 2070. The molecule has 16 heteroatoms. The minimum Gasteiger partial charge on any atom is -0.493 e. The number of nitrogen functional groups attached to an aromatic ring is 2. The average molecular weight is 828 g/mol. The summed E-state index contributed by atoms with van der Waals surface area (Å²) in [6.45, 7) is 6.59. The number of hydrogen-bond acceptors (Lipinski definition) is 11. The molecule has 0 aliphatic carbocycles. The van der Waals surface area contributed by atoms with Crippen LogP contribution in [0.1, 0.15) is 54.6 Å². The van der Waals surface area contributed by atoms with Gasteiger partial charge in [-0.1, -0.05) is 23.7 Å². The number of morpholine rings is 2. The Morgan fingerprint density at radius 3 is 2.12 bits per heavy atom. The van der Waals surface area contributed by atoms with Crippen molar-refractivity contribution in [2.75, 3.05) is 77.2 Å². The lowest BCUT2D eigenvalue weighted by Gasteiger charge is -2.33. The lowest BCUT2D eigenvalue weighted by Crippen LogP contribution is -2.47. The first-order chi connectivity index (χ1) is 29.1. The summed E-state index contributed by atoms with van der Waals surface area (Å²) in [6, 6.07) is 18.2. The van der Waals surface area contributed by atoms with Gasteiger partial charge in [-0.3, -0.25) is 19.3 Å². The number of benzene rings is 4. The number of carbonyl (C=O) groups is 3. The summed E-state index contributed by atoms with van der Waals surface area (Å²) in [5.41, 5.74) is 13.7. The van der Waals surface area contributed by atoms with Gasteiger partial charge < -0.3 is 46.4 Å². The molecule has 4 aromatic carbocycles. The number of hydrogen-bond donors (Lipinski definition) is 5. The third kappa shape index (κ3) is 14.9. The lowest BCUT2D eigenvalue weighted by atomic mass is 10.1. The van der Waals surface area contributed by atoms with Gasteiger partial charge in [0.25, 0.3) is 11.8 Å². The summed E-state index contributed by atoms with van der Waals surface area (Å²) in [4.78, 5) is 36.8. The first-order valence-corrected chi connectivity index (χ1v) is 19.0. The van der Waals surface area contributed by atoms with Crippen LogP contribution in [-0.2, 0) is 16.0 Å². The number of rotatable bonds is 13. The van der Waals surface area contributed by atoms with Crippen LogP contribution in [0.15, 0.2) is 78.9 Å². The number of amides is 2. The van der Waals surface area contributed by atoms with Crippen LogP contribution in [0.4, 0.5) is 20.2 Å². The predicted molar refractivity (Wildman–Crippen MR) is 220 cm³/mol. The first-order valence-electron chi connectivity index (χ1n) is 20.1. The summed E-state index contributed by atoms with van der Waals surface area (Å²) < 4.78 is 71.1. The molecule has 312 valence electrons. The van der Waals surface area contributed by atoms with Crippen LogP contribution >= 0.6 is 11.6 Å². The number of nitrogens with one attached hydrogen (secondary N) is 3. The molecule has 2 fully saturated rings. The number of aldehydes is 1. The molecule has 2 atom stereocenters. The molecule has 2 heterocycles. The number of carbonyl (C=O) groups excluding carboxylic acids is 3. The fourth-order valence-electron chi connectivity index (χ4n) is 5.55. The highest BCUT2D eigenvalue weighted by Gasteiger charge is 2.23. The van der Waals surface area contributed by atoms with Gasteiger partial charge in [0.1, 0.15) is 30.8 Å². The Morgan fingerprint density at radius 2 is 1.50 bits per heavy atom. The Balaban J connectivity index is 0.000000228. The lowest BCUT2D eigenvalue weighted by molar-refractivity contribution is -0.0292. The third-order valence-corrected chi connectivity index (χ3v) is 8.74. The monoisotopic (exact) mass is 827 g/mol. The van der Waals surface area contributed by atoms with Crippen LogP contribution < -0.4 is 36.9 Å². The van der Waals surface area contributed by atoms with Gasteiger partial charge in [-0.25, -0.2) is 8.78 Å². The first kappa shape index (κ1) is 40.9. The highest BCUT2D eigenvalue weighted by molar-refractivity contribution is 6.33. The fourth-order valence-corrected chi connectivity index (χ4v) is 5.71. The van der Waals surface area contributed by atoms with Crippen LogP contribution in [0.25, 0.3) is 0 Å². The molecule has 7 N–H and O–H groups in total. The van der Waals surface area contributed by atoms with Crippen LogP contribution in [0.5, 0.6) is 11.5 Å². The smallest absolute Gasteiger partial charge is 0.255 e. The van der Waals surface area contributed by atoms with Crippen molar-refractivity contribution in [3.63, 3.8) is 0 Å². The van der Waals surface area contributed by atoms with E-state index in [0.717, 1.165) is 25.2 Å². The molecule has 58 heavy (non-hydrogen) atoms. The van der Waals surface area contributed by atoms with E-state index in [-0.39, 0.29) is 42.7 Å². The zero-order chi connectivity index (χ0) is 44.5. The zero-order valence-corrected chi connectivity index (χ0v) is 33.1. The Kier molecular flexibility index (Phi) is 16.8. The summed E-state index contributed by atoms with van der Waals surface area (Å²) in [7, 11) is 0. The molecule has 6 rings (SSSR count). The van der Waals surface area contributed by atoms with Crippen molar-refractivity contribution < 1.29 is 46.2 Å². The highest BCUT2D eigenvalue weighted by atomic mass is 35.5. The maximum absolute atomic E-state index is 13.2. The van der Waals surface area contributed by atoms with Crippen molar-refractivity contribution in [1.82, 2.24) is 20.9 Å². The van der Waals surface area contributed by atoms with Gasteiger partial charge in [-0.15, -0.1) is 0 Å². The molecule has 2 unspecified atom stereocenters. The van der Waals surface area contributed by atoms with Gasteiger partial charge >= 0.3 is 0 Å². The molecule has 2 amide bonds. The van der Waals surface area contributed by atoms with Crippen molar-refractivity contribution in [3.8, 4) is 11.5 Å². The van der Waals surface area contributed by atoms with Gasteiger partial charge in [0.15, 0.2) is 0 Å². The molecule has 0 saturated carbocycles. The molecule has 0 spiro atoms. The largest absolute Gasteiger partial charge is 0.493 e. The molecule has 0 aromatic heterocycles. The van der Waals surface area contributed by atoms with Gasteiger partial charge in [0.05, 0.1) is 60.5 Å². The van der Waals surface area contributed by atoms with Crippen molar-refractivity contribution in [1.29, 1.82) is 0 Å². The molecule has 2 aliphatic rings. The predicted octanol–water partition coefficient (Wildman–Crippen LogP) is 5.11. The average Bonchev–Trinajstić information content (AvgIpc) is 3.25. The van der Waals surface area contributed by atoms with E-state index in [0.29, 0.717) is 84.1 Å². The van der Waals surface area contributed by atoms with Crippen LogP contribution in [0.3, 0.4) is 0 Å². The SMILES string of the molecule is CCOc1cc(N)c(Cl)cc1C(=O)NCC1CNCCO1.[2H]C(=O)c1ccc(F)cc1.[2H]C([2H])(c1ccc(F)cc1)N1CCOC(CNC(=O)c2ccc(N)cc2OCC)C1. The number of nitrogens with two attached hydrogens (primary N) is 2. The number of anilines is 2. The van der Waals surface area contributed by atoms with Gasteiger partial charge in [-0.2, -0.15) is 0 Å². The second-order valence-corrected chi connectivity index (χ2v) is 13.2. The summed E-state index contributed by atoms with van der Waals surface area (Å²) in [6.07, 6.45) is -1.20. The van der Waals surface area contributed by atoms with Crippen molar-refractivity contribution in [2.24, 2.45) is 0 Å².